The van der Waals surface area contributed by atoms with Gasteiger partial charge in [0.2, 0.25) is 0 Å². The van der Waals surface area contributed by atoms with E-state index in [1.807, 2.05) is 0 Å². The number of hydrogen-bond donors (Lipinski definition) is 0. The average molecular weight is 360 g/mol. The fourth-order valence-corrected chi connectivity index (χ4v) is 3.11. The fourth-order valence-electron chi connectivity index (χ4n) is 2.55. The van der Waals surface area contributed by atoms with E-state index in [4.69, 9.17) is 34.8 Å². The van der Waals surface area contributed by atoms with E-state index in [9.17, 15) is 9.18 Å². The molecule has 2 aromatic rings. The lowest BCUT2D eigenvalue weighted by Crippen LogP contribution is -2.37. The first-order valence-electron chi connectivity index (χ1n) is 6.59. The molecule has 0 radical (unpaired) electrons. The first kappa shape index (κ1) is 15.5. The van der Waals surface area contributed by atoms with Crippen LogP contribution in [-0.4, -0.2) is 17.4 Å². The number of halogens is 4. The zero-order chi connectivity index (χ0) is 15.9. The lowest BCUT2D eigenvalue weighted by molar-refractivity contribution is 0.0979. The molecule has 7 heteroatoms. The molecule has 1 amide bonds. The highest BCUT2D eigenvalue weighted by Crippen LogP contribution is 2.34. The topological polar surface area (TPSA) is 33.2 Å². The molecule has 0 unspecified atom stereocenters. The maximum Gasteiger partial charge on any atom is 0.278 e. The predicted octanol–water partition coefficient (Wildman–Crippen LogP) is 4.77. The number of aromatic nitrogens is 1. The molecule has 0 fully saturated rings. The highest BCUT2D eigenvalue weighted by Gasteiger charge is 2.29. The Morgan fingerprint density at radius 2 is 2.00 bits per heavy atom. The summed E-state index contributed by atoms with van der Waals surface area (Å²) in [5, 5.41) is 0.641. The number of amides is 1. The van der Waals surface area contributed by atoms with E-state index >= 15 is 0 Å². The van der Waals surface area contributed by atoms with Gasteiger partial charge in [-0.1, -0.05) is 34.8 Å². The number of pyridine rings is 1. The van der Waals surface area contributed by atoms with E-state index in [-0.39, 0.29) is 21.6 Å². The van der Waals surface area contributed by atoms with Crippen molar-refractivity contribution in [3.8, 4) is 0 Å². The molecule has 0 N–H and O–H groups in total. The van der Waals surface area contributed by atoms with Gasteiger partial charge in [-0.15, -0.1) is 0 Å². The number of benzene rings is 1. The van der Waals surface area contributed by atoms with Crippen LogP contribution in [0.3, 0.4) is 0 Å². The van der Waals surface area contributed by atoms with Crippen LogP contribution < -0.4 is 4.90 Å². The van der Waals surface area contributed by atoms with Crippen LogP contribution in [0, 0.1) is 5.82 Å². The number of aryl methyl sites for hydroxylation is 1. The van der Waals surface area contributed by atoms with Crippen molar-refractivity contribution in [2.75, 3.05) is 11.4 Å². The highest BCUT2D eigenvalue weighted by atomic mass is 35.5. The van der Waals surface area contributed by atoms with Crippen molar-refractivity contribution in [3.63, 3.8) is 0 Å². The molecule has 0 aliphatic carbocycles. The monoisotopic (exact) mass is 358 g/mol. The molecule has 3 rings (SSSR count). The van der Waals surface area contributed by atoms with Crippen LogP contribution in [0.15, 0.2) is 24.3 Å². The Kier molecular flexibility index (Phi) is 4.26. The molecule has 3 nitrogen and oxygen atoms in total. The maximum atomic E-state index is 14.3. The van der Waals surface area contributed by atoms with Crippen LogP contribution >= 0.6 is 34.8 Å². The predicted molar refractivity (Wildman–Crippen MR) is 85.7 cm³/mol. The number of nitrogens with zero attached hydrogens (tertiary/aromatic N) is 2. The van der Waals surface area contributed by atoms with Gasteiger partial charge in [0.25, 0.3) is 5.91 Å². The van der Waals surface area contributed by atoms with Crippen LogP contribution in [0.4, 0.5) is 10.1 Å². The molecule has 1 aromatic carbocycles. The quantitative estimate of drug-likeness (QED) is 0.687. The number of carbonyl (C=O) groups is 1. The second-order valence-electron chi connectivity index (χ2n) is 4.92. The zero-order valence-electron chi connectivity index (χ0n) is 11.2. The van der Waals surface area contributed by atoms with Crippen LogP contribution in [0.5, 0.6) is 0 Å². The van der Waals surface area contributed by atoms with Gasteiger partial charge in [0.15, 0.2) is 0 Å². The number of hydrogen-bond acceptors (Lipinski definition) is 2. The molecule has 0 atom stereocenters. The highest BCUT2D eigenvalue weighted by molar-refractivity contribution is 6.35. The first-order valence-corrected chi connectivity index (χ1v) is 7.72. The molecule has 0 bridgehead atoms. The average Bonchev–Trinajstić information content (AvgIpc) is 2.48. The Bertz CT molecular complexity index is 767. The molecular weight excluding hydrogens is 350 g/mol. The molecule has 22 heavy (non-hydrogen) atoms. The molecule has 2 heterocycles. The molecule has 0 saturated heterocycles. The third-order valence-corrected chi connectivity index (χ3v) is 4.20. The van der Waals surface area contributed by atoms with Gasteiger partial charge in [-0.2, -0.15) is 0 Å². The smallest absolute Gasteiger partial charge is 0.278 e. The SMILES string of the molecule is O=C(c1nc(Cl)ccc1Cl)N1CCCc2cc(Cl)cc(F)c21. The Labute approximate surface area is 141 Å². The van der Waals surface area contributed by atoms with Crippen molar-refractivity contribution in [3.05, 3.63) is 56.5 Å². The molecule has 114 valence electrons. The van der Waals surface area contributed by atoms with Crippen molar-refractivity contribution in [2.24, 2.45) is 0 Å². The molecular formula is C15H10Cl3FN2O. The second-order valence-corrected chi connectivity index (χ2v) is 6.15. The summed E-state index contributed by atoms with van der Waals surface area (Å²) < 4.78 is 14.3. The first-order chi connectivity index (χ1) is 10.5. The lowest BCUT2D eigenvalue weighted by Gasteiger charge is -2.30. The van der Waals surface area contributed by atoms with Crippen molar-refractivity contribution < 1.29 is 9.18 Å². The minimum absolute atomic E-state index is 0.0105. The third kappa shape index (κ3) is 2.78. The normalized spacial score (nSPS) is 13.9. The van der Waals surface area contributed by atoms with Crippen molar-refractivity contribution in [1.29, 1.82) is 0 Å². The van der Waals surface area contributed by atoms with Gasteiger partial charge in [-0.05, 0) is 42.7 Å². The van der Waals surface area contributed by atoms with E-state index in [0.29, 0.717) is 30.0 Å². The number of rotatable bonds is 1. The van der Waals surface area contributed by atoms with Crippen molar-refractivity contribution >= 4 is 46.4 Å². The number of fused-ring (bicyclic) bond motifs is 1. The molecule has 1 aliphatic rings. The molecule has 1 aliphatic heterocycles. The van der Waals surface area contributed by atoms with Crippen LogP contribution in [0.25, 0.3) is 0 Å². The maximum absolute atomic E-state index is 14.3. The van der Waals surface area contributed by atoms with Crippen LogP contribution in [0.2, 0.25) is 15.2 Å². The Morgan fingerprint density at radius 1 is 1.23 bits per heavy atom. The summed E-state index contributed by atoms with van der Waals surface area (Å²) in [7, 11) is 0. The summed E-state index contributed by atoms with van der Waals surface area (Å²) >= 11 is 17.7. The van der Waals surface area contributed by atoms with Gasteiger partial charge in [-0.25, -0.2) is 9.37 Å². The van der Waals surface area contributed by atoms with E-state index < -0.39 is 11.7 Å². The van der Waals surface area contributed by atoms with Gasteiger partial charge >= 0.3 is 0 Å². The number of anilines is 1. The summed E-state index contributed by atoms with van der Waals surface area (Å²) in [5.74, 6) is -1.01. The zero-order valence-corrected chi connectivity index (χ0v) is 13.5. The van der Waals surface area contributed by atoms with E-state index in [0.717, 1.165) is 0 Å². The lowest BCUT2D eigenvalue weighted by atomic mass is 10.0. The number of carbonyl (C=O) groups excluding carboxylic acids is 1. The van der Waals surface area contributed by atoms with Gasteiger partial charge in [0.1, 0.15) is 16.7 Å². The minimum Gasteiger partial charge on any atom is -0.304 e. The summed E-state index contributed by atoms with van der Waals surface area (Å²) in [6, 6.07) is 5.85. The second kappa shape index (κ2) is 6.03. The van der Waals surface area contributed by atoms with Gasteiger partial charge in [-0.3, -0.25) is 4.79 Å². The van der Waals surface area contributed by atoms with E-state index in [2.05, 4.69) is 4.98 Å². The van der Waals surface area contributed by atoms with Crippen molar-refractivity contribution in [1.82, 2.24) is 4.98 Å². The van der Waals surface area contributed by atoms with Gasteiger partial charge in [0.05, 0.1) is 10.7 Å². The van der Waals surface area contributed by atoms with Crippen LogP contribution in [-0.2, 0) is 6.42 Å². The van der Waals surface area contributed by atoms with Gasteiger partial charge in [0, 0.05) is 11.6 Å². The summed E-state index contributed by atoms with van der Waals surface area (Å²) in [6.07, 6.45) is 1.37. The Balaban J connectivity index is 2.08. The van der Waals surface area contributed by atoms with E-state index in [1.165, 1.54) is 23.1 Å². The fraction of sp³-hybridized carbons (Fsp3) is 0.200. The Morgan fingerprint density at radius 3 is 2.77 bits per heavy atom. The van der Waals surface area contributed by atoms with Gasteiger partial charge < -0.3 is 4.90 Å². The molecule has 1 aromatic heterocycles. The summed E-state index contributed by atoms with van der Waals surface area (Å²) in [4.78, 5) is 18.0. The standard InChI is InChI=1S/C15H10Cl3FN2O/c16-9-6-8-2-1-5-21(14(8)11(19)7-9)15(22)13-10(17)3-4-12(18)20-13/h3-4,6-7H,1-2,5H2. The van der Waals surface area contributed by atoms with Crippen molar-refractivity contribution in [2.45, 2.75) is 12.8 Å². The summed E-state index contributed by atoms with van der Waals surface area (Å²) in [6.45, 7) is 0.384. The third-order valence-electron chi connectivity index (χ3n) is 3.46. The largest absolute Gasteiger partial charge is 0.304 e. The Hall–Kier alpha value is -1.36. The summed E-state index contributed by atoms with van der Waals surface area (Å²) in [5.41, 5.74) is 0.942. The minimum atomic E-state index is -0.534. The van der Waals surface area contributed by atoms with Crippen LogP contribution in [0.1, 0.15) is 22.5 Å². The molecule has 0 saturated carbocycles. The molecule has 0 spiro atoms. The van der Waals surface area contributed by atoms with E-state index in [1.54, 1.807) is 6.07 Å².